The van der Waals surface area contributed by atoms with Crippen LogP contribution in [0.1, 0.15) is 15.9 Å². The van der Waals surface area contributed by atoms with Crippen molar-refractivity contribution in [1.82, 2.24) is 9.88 Å². The van der Waals surface area contributed by atoms with E-state index in [4.69, 9.17) is 11.6 Å². The van der Waals surface area contributed by atoms with Crippen LogP contribution >= 0.6 is 34.2 Å². The van der Waals surface area contributed by atoms with Gasteiger partial charge < -0.3 is 9.88 Å². The number of carbonyl (C=O) groups excluding carboxylic acids is 1. The molecule has 4 nitrogen and oxygen atoms in total. The van der Waals surface area contributed by atoms with E-state index in [9.17, 15) is 9.59 Å². The Kier molecular flexibility index (Phi) is 4.91. The molecule has 3 rings (SSSR count). The highest BCUT2D eigenvalue weighted by molar-refractivity contribution is 14.1. The summed E-state index contributed by atoms with van der Waals surface area (Å²) in [6.45, 7) is 0.337. The molecule has 0 saturated carbocycles. The summed E-state index contributed by atoms with van der Waals surface area (Å²) in [6, 6.07) is 12.8. The minimum Gasteiger partial charge on any atom is -0.350 e. The van der Waals surface area contributed by atoms with Crippen molar-refractivity contribution in [2.45, 2.75) is 6.54 Å². The fraction of sp³-hybridized carbons (Fsp3) is 0.111. The monoisotopic (exact) mass is 452 g/mol. The molecule has 0 aliphatic carbocycles. The van der Waals surface area contributed by atoms with E-state index in [0.29, 0.717) is 17.0 Å². The maximum absolute atomic E-state index is 12.6. The van der Waals surface area contributed by atoms with Crippen molar-refractivity contribution in [2.24, 2.45) is 7.05 Å². The molecule has 0 fully saturated rings. The number of aryl methyl sites for hydroxylation is 1. The number of pyridine rings is 1. The van der Waals surface area contributed by atoms with Gasteiger partial charge in [-0.05, 0) is 58.5 Å². The molecule has 1 amide bonds. The third-order valence-corrected chi connectivity index (χ3v) is 4.68. The lowest BCUT2D eigenvalue weighted by atomic mass is 10.1. The van der Waals surface area contributed by atoms with Gasteiger partial charge in [0.1, 0.15) is 5.56 Å². The lowest BCUT2D eigenvalue weighted by Gasteiger charge is -2.10. The molecule has 0 saturated heterocycles. The highest BCUT2D eigenvalue weighted by Crippen LogP contribution is 2.15. The summed E-state index contributed by atoms with van der Waals surface area (Å²) in [4.78, 5) is 25.1. The number of amides is 1. The number of nitrogens with one attached hydrogen (secondary N) is 1. The van der Waals surface area contributed by atoms with Crippen molar-refractivity contribution < 1.29 is 4.79 Å². The summed E-state index contributed by atoms with van der Waals surface area (Å²) in [7, 11) is 1.82. The fourth-order valence-electron chi connectivity index (χ4n) is 2.51. The van der Waals surface area contributed by atoms with Crippen LogP contribution < -0.4 is 10.7 Å². The third kappa shape index (κ3) is 3.47. The summed E-state index contributed by atoms with van der Waals surface area (Å²) < 4.78 is 2.75. The Morgan fingerprint density at radius 1 is 1.21 bits per heavy atom. The number of benzene rings is 2. The van der Waals surface area contributed by atoms with E-state index in [2.05, 4.69) is 27.9 Å². The molecule has 0 aliphatic rings. The van der Waals surface area contributed by atoms with Gasteiger partial charge in [0.15, 0.2) is 0 Å². The van der Waals surface area contributed by atoms with Gasteiger partial charge in [0.05, 0.1) is 5.52 Å². The van der Waals surface area contributed by atoms with Gasteiger partial charge in [-0.1, -0.05) is 23.7 Å². The van der Waals surface area contributed by atoms with Crippen LogP contribution in [0.2, 0.25) is 5.02 Å². The first kappa shape index (κ1) is 17.0. The summed E-state index contributed by atoms with van der Waals surface area (Å²) in [5, 5.41) is 3.97. The van der Waals surface area contributed by atoms with Gasteiger partial charge in [0.2, 0.25) is 5.43 Å². The number of aromatic nitrogens is 1. The smallest absolute Gasteiger partial charge is 0.257 e. The van der Waals surface area contributed by atoms with E-state index < -0.39 is 0 Å². The number of hydrogen-bond donors (Lipinski definition) is 1. The second-order valence-electron chi connectivity index (χ2n) is 5.45. The molecule has 1 heterocycles. The molecule has 6 heteroatoms. The van der Waals surface area contributed by atoms with Crippen LogP contribution in [0.3, 0.4) is 0 Å². The van der Waals surface area contributed by atoms with E-state index in [-0.39, 0.29) is 16.9 Å². The lowest BCUT2D eigenvalue weighted by molar-refractivity contribution is 0.0949. The summed E-state index contributed by atoms with van der Waals surface area (Å²) in [6.07, 6.45) is 1.58. The van der Waals surface area contributed by atoms with Crippen LogP contribution in [0.25, 0.3) is 10.9 Å². The zero-order valence-corrected chi connectivity index (χ0v) is 15.8. The first-order valence-electron chi connectivity index (χ1n) is 7.27. The number of halogens is 2. The molecule has 24 heavy (non-hydrogen) atoms. The van der Waals surface area contributed by atoms with Crippen LogP contribution in [0.5, 0.6) is 0 Å². The van der Waals surface area contributed by atoms with Gasteiger partial charge in [-0.2, -0.15) is 0 Å². The van der Waals surface area contributed by atoms with Crippen LogP contribution in [0, 0.1) is 3.57 Å². The van der Waals surface area contributed by atoms with Gasteiger partial charge in [0.25, 0.3) is 5.91 Å². The Balaban J connectivity index is 1.91. The Bertz CT molecular complexity index is 981. The quantitative estimate of drug-likeness (QED) is 0.616. The van der Waals surface area contributed by atoms with Crippen LogP contribution in [0.15, 0.2) is 53.5 Å². The van der Waals surface area contributed by atoms with Gasteiger partial charge in [-0.3, -0.25) is 9.59 Å². The maximum Gasteiger partial charge on any atom is 0.257 e. The van der Waals surface area contributed by atoms with Gasteiger partial charge in [0, 0.05) is 33.8 Å². The molecule has 1 aromatic heterocycles. The van der Waals surface area contributed by atoms with E-state index in [1.165, 1.54) is 0 Å². The molecular weight excluding hydrogens is 439 g/mol. The molecule has 0 bridgehead atoms. The van der Waals surface area contributed by atoms with Crippen molar-refractivity contribution in [3.8, 4) is 0 Å². The number of hydrogen-bond acceptors (Lipinski definition) is 2. The van der Waals surface area contributed by atoms with Crippen LogP contribution in [0.4, 0.5) is 0 Å². The van der Waals surface area contributed by atoms with Crippen molar-refractivity contribution in [3.05, 3.63) is 78.6 Å². The van der Waals surface area contributed by atoms with Gasteiger partial charge in [-0.15, -0.1) is 0 Å². The number of rotatable bonds is 3. The largest absolute Gasteiger partial charge is 0.350 e. The minimum absolute atomic E-state index is 0.140. The van der Waals surface area contributed by atoms with E-state index in [1.54, 1.807) is 29.0 Å². The molecule has 0 spiro atoms. The van der Waals surface area contributed by atoms with Gasteiger partial charge in [-0.25, -0.2) is 0 Å². The Labute approximate surface area is 157 Å². The molecular formula is C18H14ClIN2O2. The average molecular weight is 453 g/mol. The standard InChI is InChI=1S/C18H14ClIN2O2/c1-22-10-15(17(23)14-8-13(20)6-7-16(14)22)18(24)21-9-11-2-4-12(19)5-3-11/h2-8,10H,9H2,1H3,(H,21,24). The van der Waals surface area contributed by atoms with Crippen molar-refractivity contribution >= 4 is 51.0 Å². The predicted molar refractivity (Wildman–Crippen MR) is 105 cm³/mol. The summed E-state index contributed by atoms with van der Waals surface area (Å²) in [5.74, 6) is -0.383. The SMILES string of the molecule is Cn1cc(C(=O)NCc2ccc(Cl)cc2)c(=O)c2cc(I)ccc21. The molecule has 0 radical (unpaired) electrons. The molecule has 3 aromatic rings. The fourth-order valence-corrected chi connectivity index (χ4v) is 3.12. The van der Waals surface area contributed by atoms with Crippen molar-refractivity contribution in [2.75, 3.05) is 0 Å². The Morgan fingerprint density at radius 3 is 2.62 bits per heavy atom. The molecule has 0 atom stereocenters. The average Bonchev–Trinajstić information content (AvgIpc) is 2.57. The third-order valence-electron chi connectivity index (χ3n) is 3.76. The molecule has 0 aliphatic heterocycles. The first-order chi connectivity index (χ1) is 11.5. The normalized spacial score (nSPS) is 10.8. The zero-order valence-electron chi connectivity index (χ0n) is 12.8. The maximum atomic E-state index is 12.6. The number of nitrogens with zero attached hydrogens (tertiary/aromatic N) is 1. The number of carbonyl (C=O) groups is 1. The summed E-state index contributed by atoms with van der Waals surface area (Å²) in [5.41, 5.74) is 1.60. The zero-order chi connectivity index (χ0) is 17.3. The van der Waals surface area contributed by atoms with E-state index in [1.807, 2.05) is 31.3 Å². The van der Waals surface area contributed by atoms with E-state index in [0.717, 1.165) is 14.7 Å². The second-order valence-corrected chi connectivity index (χ2v) is 7.14. The first-order valence-corrected chi connectivity index (χ1v) is 8.73. The lowest BCUT2D eigenvalue weighted by Crippen LogP contribution is -2.29. The molecule has 2 aromatic carbocycles. The van der Waals surface area contributed by atoms with Gasteiger partial charge >= 0.3 is 0 Å². The van der Waals surface area contributed by atoms with Crippen molar-refractivity contribution in [3.63, 3.8) is 0 Å². The van der Waals surface area contributed by atoms with Crippen LogP contribution in [-0.2, 0) is 13.6 Å². The van der Waals surface area contributed by atoms with Crippen molar-refractivity contribution in [1.29, 1.82) is 0 Å². The van der Waals surface area contributed by atoms with E-state index >= 15 is 0 Å². The predicted octanol–water partition coefficient (Wildman–Crippen LogP) is 3.73. The molecule has 1 N–H and O–H groups in total. The second kappa shape index (κ2) is 6.94. The Morgan fingerprint density at radius 2 is 1.92 bits per heavy atom. The highest BCUT2D eigenvalue weighted by Gasteiger charge is 2.14. The van der Waals surface area contributed by atoms with Crippen LogP contribution in [-0.4, -0.2) is 10.5 Å². The highest BCUT2D eigenvalue weighted by atomic mass is 127. The summed E-state index contributed by atoms with van der Waals surface area (Å²) >= 11 is 8.00. The minimum atomic E-state index is -0.383. The molecule has 0 unspecified atom stereocenters. The number of fused-ring (bicyclic) bond motifs is 1. The Hall–Kier alpha value is -1.86. The topological polar surface area (TPSA) is 51.1 Å². The molecule has 122 valence electrons.